The Balaban J connectivity index is 1.40. The maximum Gasteiger partial charge on any atom is 0.241 e. The summed E-state index contributed by atoms with van der Waals surface area (Å²) in [6.45, 7) is 0.407. The van der Waals surface area contributed by atoms with Crippen molar-refractivity contribution in [3.05, 3.63) is 59.7 Å². The number of carbonyl (C=O) groups excluding carboxylic acids is 3. The quantitative estimate of drug-likeness (QED) is 0.572. The Morgan fingerprint density at radius 2 is 1.83 bits per heavy atom. The highest BCUT2D eigenvalue weighted by Crippen LogP contribution is 2.46. The number of methoxy groups -OCH3 is 1. The summed E-state index contributed by atoms with van der Waals surface area (Å²) in [5, 5.41) is 0. The minimum absolute atomic E-state index is 0.0202. The van der Waals surface area contributed by atoms with Crippen LogP contribution in [-0.4, -0.2) is 60.4 Å². The van der Waals surface area contributed by atoms with E-state index in [1.165, 1.54) is 4.90 Å². The number of imide groups is 1. The first-order valence-corrected chi connectivity index (χ1v) is 12.4. The van der Waals surface area contributed by atoms with Crippen LogP contribution in [0.25, 0.3) is 0 Å². The summed E-state index contributed by atoms with van der Waals surface area (Å²) >= 11 is 0. The van der Waals surface area contributed by atoms with Gasteiger partial charge in [0.2, 0.25) is 17.7 Å². The lowest BCUT2D eigenvalue weighted by atomic mass is 9.75. The molecule has 2 aromatic rings. The normalized spacial score (nSPS) is 23.9. The van der Waals surface area contributed by atoms with E-state index in [1.54, 1.807) is 25.1 Å². The van der Waals surface area contributed by atoms with Crippen LogP contribution in [0.2, 0.25) is 0 Å². The zero-order chi connectivity index (χ0) is 24.6. The van der Waals surface area contributed by atoms with Gasteiger partial charge in [-0.25, -0.2) is 0 Å². The molecule has 0 aromatic heterocycles. The summed E-state index contributed by atoms with van der Waals surface area (Å²) in [5.41, 5.74) is 0.470. The molecule has 7 heteroatoms. The van der Waals surface area contributed by atoms with E-state index in [-0.39, 0.29) is 42.7 Å². The third kappa shape index (κ3) is 4.17. The molecule has 2 heterocycles. The molecule has 1 aliphatic carbocycles. The molecule has 2 atom stereocenters. The first-order chi connectivity index (χ1) is 16.9. The van der Waals surface area contributed by atoms with Gasteiger partial charge < -0.3 is 14.4 Å². The minimum atomic E-state index is -1.27. The van der Waals surface area contributed by atoms with Crippen LogP contribution in [0.1, 0.15) is 49.7 Å². The highest BCUT2D eigenvalue weighted by atomic mass is 16.5. The predicted molar refractivity (Wildman–Crippen MR) is 130 cm³/mol. The van der Waals surface area contributed by atoms with E-state index in [2.05, 4.69) is 0 Å². The third-order valence-electron chi connectivity index (χ3n) is 7.73. The molecule has 5 rings (SSSR count). The number of para-hydroxylation sites is 2. The van der Waals surface area contributed by atoms with Gasteiger partial charge >= 0.3 is 0 Å². The number of likely N-dealkylation sites (N-methyl/N-ethyl adjacent to an activating group) is 1. The van der Waals surface area contributed by atoms with Crippen LogP contribution in [0.15, 0.2) is 48.5 Å². The lowest BCUT2D eigenvalue weighted by molar-refractivity contribution is -0.144. The molecule has 0 N–H and O–H groups in total. The fourth-order valence-electron chi connectivity index (χ4n) is 5.93. The molecule has 3 aliphatic rings. The van der Waals surface area contributed by atoms with Gasteiger partial charge in [0, 0.05) is 37.9 Å². The first-order valence-electron chi connectivity index (χ1n) is 12.4. The number of amides is 3. The van der Waals surface area contributed by atoms with Crippen molar-refractivity contribution < 1.29 is 23.9 Å². The van der Waals surface area contributed by atoms with Crippen LogP contribution >= 0.6 is 0 Å². The summed E-state index contributed by atoms with van der Waals surface area (Å²) in [6.07, 6.45) is 4.16. The van der Waals surface area contributed by atoms with Gasteiger partial charge in [-0.1, -0.05) is 49.2 Å². The SMILES string of the molecule is COc1ccccc1[C@]1(CC(=O)N(C)C[C@H]2Cc3ccccc3O2)CC(=O)N(C2CCCC2)C1=O. The molecular weight excluding hydrogens is 444 g/mol. The number of rotatable bonds is 7. The summed E-state index contributed by atoms with van der Waals surface area (Å²) in [4.78, 5) is 43.9. The summed E-state index contributed by atoms with van der Waals surface area (Å²) in [7, 11) is 3.28. The molecule has 0 unspecified atom stereocenters. The molecule has 2 aliphatic heterocycles. The Kier molecular flexibility index (Phi) is 6.26. The third-order valence-corrected chi connectivity index (χ3v) is 7.73. The maximum atomic E-state index is 14.0. The Bertz CT molecular complexity index is 1120. The maximum absolute atomic E-state index is 14.0. The van der Waals surface area contributed by atoms with Crippen LogP contribution in [0.5, 0.6) is 11.5 Å². The second kappa shape index (κ2) is 9.36. The highest BCUT2D eigenvalue weighted by molar-refractivity contribution is 6.11. The largest absolute Gasteiger partial charge is 0.496 e. The van der Waals surface area contributed by atoms with Gasteiger partial charge in [-0.2, -0.15) is 0 Å². The molecule has 0 spiro atoms. The van der Waals surface area contributed by atoms with Crippen LogP contribution in [0.4, 0.5) is 0 Å². The highest BCUT2D eigenvalue weighted by Gasteiger charge is 2.56. The molecule has 2 fully saturated rings. The summed E-state index contributed by atoms with van der Waals surface area (Å²) in [5.74, 6) is 0.715. The number of likely N-dealkylation sites (tertiary alicyclic amines) is 1. The van der Waals surface area contributed by atoms with Crippen LogP contribution in [0, 0.1) is 0 Å². The number of benzene rings is 2. The van der Waals surface area contributed by atoms with Gasteiger partial charge in [0.05, 0.1) is 19.1 Å². The second-order valence-electron chi connectivity index (χ2n) is 9.97. The van der Waals surface area contributed by atoms with Crippen molar-refractivity contribution in [3.8, 4) is 11.5 Å². The van der Waals surface area contributed by atoms with Gasteiger partial charge in [0.15, 0.2) is 0 Å². The number of ether oxygens (including phenoxy) is 2. The van der Waals surface area contributed by atoms with Crippen LogP contribution in [0.3, 0.4) is 0 Å². The van der Waals surface area contributed by atoms with E-state index < -0.39 is 5.41 Å². The molecule has 1 saturated heterocycles. The Morgan fingerprint density at radius 1 is 1.11 bits per heavy atom. The zero-order valence-electron chi connectivity index (χ0n) is 20.4. The van der Waals surface area contributed by atoms with Crippen molar-refractivity contribution in [2.24, 2.45) is 0 Å². The fourth-order valence-corrected chi connectivity index (χ4v) is 5.93. The van der Waals surface area contributed by atoms with Crippen molar-refractivity contribution in [2.45, 2.75) is 62.5 Å². The van der Waals surface area contributed by atoms with E-state index in [0.717, 1.165) is 43.4 Å². The van der Waals surface area contributed by atoms with Crippen molar-refractivity contribution in [1.29, 1.82) is 0 Å². The van der Waals surface area contributed by atoms with Crippen LogP contribution in [-0.2, 0) is 26.2 Å². The summed E-state index contributed by atoms with van der Waals surface area (Å²) in [6, 6.07) is 15.1. The molecule has 184 valence electrons. The van der Waals surface area contributed by atoms with Gasteiger partial charge in [0.1, 0.15) is 17.6 Å². The predicted octanol–water partition coefficient (Wildman–Crippen LogP) is 3.49. The number of carbonyl (C=O) groups is 3. The van der Waals surface area contributed by atoms with E-state index in [9.17, 15) is 14.4 Å². The second-order valence-corrected chi connectivity index (χ2v) is 9.97. The van der Waals surface area contributed by atoms with Crippen LogP contribution < -0.4 is 9.47 Å². The Labute approximate surface area is 206 Å². The molecular formula is C28H32N2O5. The van der Waals surface area contributed by atoms with Crippen molar-refractivity contribution in [3.63, 3.8) is 0 Å². The van der Waals surface area contributed by atoms with E-state index in [0.29, 0.717) is 17.9 Å². The van der Waals surface area contributed by atoms with Gasteiger partial charge in [-0.05, 0) is 30.5 Å². The molecule has 1 saturated carbocycles. The zero-order valence-corrected chi connectivity index (χ0v) is 20.4. The lowest BCUT2D eigenvalue weighted by Crippen LogP contribution is -2.46. The average Bonchev–Trinajstić information content (AvgIpc) is 3.57. The molecule has 0 radical (unpaired) electrons. The summed E-state index contributed by atoms with van der Waals surface area (Å²) < 4.78 is 11.6. The molecule has 3 amide bonds. The number of fused-ring (bicyclic) bond motifs is 1. The fraction of sp³-hybridized carbons (Fsp3) is 0.464. The lowest BCUT2D eigenvalue weighted by Gasteiger charge is -2.32. The topological polar surface area (TPSA) is 76.2 Å². The number of hydrogen-bond acceptors (Lipinski definition) is 5. The van der Waals surface area contributed by atoms with Gasteiger partial charge in [-0.15, -0.1) is 0 Å². The minimum Gasteiger partial charge on any atom is -0.496 e. The smallest absolute Gasteiger partial charge is 0.241 e. The van der Waals surface area contributed by atoms with E-state index in [1.807, 2.05) is 42.5 Å². The molecule has 2 aromatic carbocycles. The number of hydrogen-bond donors (Lipinski definition) is 0. The van der Waals surface area contributed by atoms with Crippen molar-refractivity contribution in [1.82, 2.24) is 9.80 Å². The van der Waals surface area contributed by atoms with Gasteiger partial charge in [0.25, 0.3) is 0 Å². The Morgan fingerprint density at radius 3 is 2.57 bits per heavy atom. The first kappa shape index (κ1) is 23.4. The standard InChI is InChI=1S/C28H32N2O5/c1-29(18-21-15-19-9-3-7-13-23(19)35-21)25(31)16-28(22-12-6-8-14-24(22)34-2)17-26(32)30(27(28)33)20-10-4-5-11-20/h3,6-9,12-14,20-21H,4-5,10-11,15-18H2,1-2H3/t21-,28+/m1/s1. The Hall–Kier alpha value is -3.35. The number of nitrogens with zero attached hydrogens (tertiary/aromatic N) is 2. The molecule has 7 nitrogen and oxygen atoms in total. The molecule has 35 heavy (non-hydrogen) atoms. The monoisotopic (exact) mass is 476 g/mol. The molecule has 0 bridgehead atoms. The average molecular weight is 477 g/mol. The van der Waals surface area contributed by atoms with E-state index >= 15 is 0 Å². The van der Waals surface area contributed by atoms with E-state index in [4.69, 9.17) is 9.47 Å². The van der Waals surface area contributed by atoms with Crippen molar-refractivity contribution in [2.75, 3.05) is 20.7 Å². The van der Waals surface area contributed by atoms with Crippen molar-refractivity contribution >= 4 is 17.7 Å². The van der Waals surface area contributed by atoms with Gasteiger partial charge in [-0.3, -0.25) is 19.3 Å².